The minimum absolute atomic E-state index is 0.0989. The molecule has 1 unspecified atom stereocenters. The van der Waals surface area contributed by atoms with Crippen molar-refractivity contribution in [3.63, 3.8) is 0 Å². The lowest BCUT2D eigenvalue weighted by Crippen LogP contribution is -2.28. The van der Waals surface area contributed by atoms with E-state index in [1.165, 1.54) is 25.7 Å². The Bertz CT molecular complexity index is 441. The number of anilines is 1. The van der Waals surface area contributed by atoms with Crippen molar-refractivity contribution in [2.75, 3.05) is 25.0 Å². The molecule has 1 aliphatic rings. The number of nitrogens with zero attached hydrogens (tertiary/aromatic N) is 1. The van der Waals surface area contributed by atoms with Gasteiger partial charge in [0.25, 0.3) is 0 Å². The summed E-state index contributed by atoms with van der Waals surface area (Å²) in [6, 6.07) is 5.64. The molecule has 0 saturated heterocycles. The van der Waals surface area contributed by atoms with E-state index in [-0.39, 0.29) is 11.9 Å². The number of halogens is 1. The van der Waals surface area contributed by atoms with Crippen LogP contribution in [0, 0.1) is 11.7 Å². The molecule has 1 aliphatic carbocycles. The largest absolute Gasteiger partial charge is 0.372 e. The van der Waals surface area contributed by atoms with Crippen molar-refractivity contribution in [2.24, 2.45) is 5.92 Å². The van der Waals surface area contributed by atoms with E-state index in [2.05, 4.69) is 30.1 Å². The lowest BCUT2D eigenvalue weighted by Gasteiger charge is -2.28. The molecule has 0 bridgehead atoms. The molecule has 21 heavy (non-hydrogen) atoms. The first-order valence-corrected chi connectivity index (χ1v) is 8.36. The van der Waals surface area contributed by atoms with Crippen molar-refractivity contribution in [3.05, 3.63) is 29.6 Å². The fraction of sp³-hybridized carbons (Fsp3) is 0.667. The van der Waals surface area contributed by atoms with Crippen LogP contribution in [0.3, 0.4) is 0 Å². The Labute approximate surface area is 128 Å². The molecule has 1 N–H and O–H groups in total. The van der Waals surface area contributed by atoms with E-state index in [4.69, 9.17) is 0 Å². The van der Waals surface area contributed by atoms with E-state index in [1.807, 2.05) is 13.1 Å². The van der Waals surface area contributed by atoms with Gasteiger partial charge in [-0.05, 0) is 50.3 Å². The Morgan fingerprint density at radius 2 is 2.05 bits per heavy atom. The molecular formula is C18H29FN2. The van der Waals surface area contributed by atoms with Gasteiger partial charge in [-0.25, -0.2) is 4.39 Å². The van der Waals surface area contributed by atoms with Crippen molar-refractivity contribution in [1.82, 2.24) is 5.32 Å². The molecule has 0 aliphatic heterocycles. The monoisotopic (exact) mass is 292 g/mol. The Balaban J connectivity index is 2.15. The van der Waals surface area contributed by atoms with Crippen LogP contribution in [0.25, 0.3) is 0 Å². The maximum absolute atomic E-state index is 14.4. The first-order chi connectivity index (χ1) is 10.1. The van der Waals surface area contributed by atoms with Crippen LogP contribution in [0.1, 0.15) is 57.6 Å². The predicted molar refractivity (Wildman–Crippen MR) is 88.3 cm³/mol. The zero-order valence-electron chi connectivity index (χ0n) is 13.7. The molecule has 0 heterocycles. The second-order valence-corrected chi connectivity index (χ2v) is 6.38. The zero-order valence-corrected chi connectivity index (χ0v) is 13.7. The van der Waals surface area contributed by atoms with Crippen LogP contribution in [0.5, 0.6) is 0 Å². The average Bonchev–Trinajstić information content (AvgIpc) is 2.97. The van der Waals surface area contributed by atoms with Crippen LogP contribution in [0.15, 0.2) is 18.2 Å². The maximum Gasteiger partial charge on any atom is 0.146 e. The highest BCUT2D eigenvalue weighted by Gasteiger charge is 2.21. The molecule has 0 spiro atoms. The average molecular weight is 292 g/mol. The van der Waals surface area contributed by atoms with Gasteiger partial charge in [0, 0.05) is 19.6 Å². The third-order valence-corrected chi connectivity index (χ3v) is 4.57. The smallest absolute Gasteiger partial charge is 0.146 e. The van der Waals surface area contributed by atoms with E-state index >= 15 is 0 Å². The number of hydrogen-bond acceptors (Lipinski definition) is 2. The first kappa shape index (κ1) is 16.3. The molecule has 0 radical (unpaired) electrons. The molecule has 2 nitrogen and oxygen atoms in total. The number of para-hydroxylation sites is 1. The van der Waals surface area contributed by atoms with Crippen molar-refractivity contribution in [1.29, 1.82) is 0 Å². The summed E-state index contributed by atoms with van der Waals surface area (Å²) in [7, 11) is 2.03. The van der Waals surface area contributed by atoms with Crippen molar-refractivity contribution in [3.8, 4) is 0 Å². The Morgan fingerprint density at radius 1 is 1.33 bits per heavy atom. The number of rotatable bonds is 7. The topological polar surface area (TPSA) is 15.3 Å². The van der Waals surface area contributed by atoms with Crippen LogP contribution in [0.4, 0.5) is 10.1 Å². The maximum atomic E-state index is 14.4. The van der Waals surface area contributed by atoms with E-state index in [0.717, 1.165) is 36.7 Å². The minimum Gasteiger partial charge on any atom is -0.372 e. The highest BCUT2D eigenvalue weighted by Crippen LogP contribution is 2.32. The quantitative estimate of drug-likeness (QED) is 0.795. The molecule has 2 rings (SSSR count). The molecule has 1 aromatic rings. The zero-order chi connectivity index (χ0) is 15.2. The van der Waals surface area contributed by atoms with Crippen LogP contribution < -0.4 is 10.2 Å². The van der Waals surface area contributed by atoms with Gasteiger partial charge in [0.05, 0.1) is 5.69 Å². The summed E-state index contributed by atoms with van der Waals surface area (Å²) in [6.45, 7) is 6.20. The molecular weight excluding hydrogens is 263 g/mol. The number of benzene rings is 1. The van der Waals surface area contributed by atoms with Gasteiger partial charge in [-0.1, -0.05) is 31.9 Å². The van der Waals surface area contributed by atoms with Crippen molar-refractivity contribution >= 4 is 5.69 Å². The Morgan fingerprint density at radius 3 is 2.71 bits per heavy atom. The first-order valence-electron chi connectivity index (χ1n) is 8.36. The van der Waals surface area contributed by atoms with E-state index in [0.29, 0.717) is 0 Å². The Kier molecular flexibility index (Phi) is 6.04. The van der Waals surface area contributed by atoms with Gasteiger partial charge < -0.3 is 10.2 Å². The second kappa shape index (κ2) is 7.79. The number of nitrogens with one attached hydrogen (secondary N) is 1. The highest BCUT2D eigenvalue weighted by atomic mass is 19.1. The molecule has 1 fully saturated rings. The fourth-order valence-corrected chi connectivity index (χ4v) is 3.43. The van der Waals surface area contributed by atoms with E-state index in [1.54, 1.807) is 6.07 Å². The van der Waals surface area contributed by atoms with Gasteiger partial charge in [-0.3, -0.25) is 0 Å². The molecule has 3 heteroatoms. The van der Waals surface area contributed by atoms with Crippen molar-refractivity contribution < 1.29 is 4.39 Å². The third kappa shape index (κ3) is 4.19. The molecule has 0 amide bonds. The summed E-state index contributed by atoms with van der Waals surface area (Å²) >= 11 is 0. The van der Waals surface area contributed by atoms with Gasteiger partial charge in [0.15, 0.2) is 0 Å². The summed E-state index contributed by atoms with van der Waals surface area (Å²) in [5, 5.41) is 3.47. The summed E-state index contributed by atoms with van der Waals surface area (Å²) in [4.78, 5) is 2.13. The van der Waals surface area contributed by atoms with Gasteiger partial charge in [-0.2, -0.15) is 0 Å². The van der Waals surface area contributed by atoms with E-state index < -0.39 is 0 Å². The molecule has 1 atom stereocenters. The number of hydrogen-bond donors (Lipinski definition) is 1. The predicted octanol–water partition coefficient (Wildman–Crippen LogP) is 4.51. The summed E-state index contributed by atoms with van der Waals surface area (Å²) < 4.78 is 14.4. The fourth-order valence-electron chi connectivity index (χ4n) is 3.43. The van der Waals surface area contributed by atoms with Crippen molar-refractivity contribution in [2.45, 2.75) is 52.0 Å². The lowest BCUT2D eigenvalue weighted by molar-refractivity contribution is 0.528. The molecule has 1 aromatic carbocycles. The van der Waals surface area contributed by atoms with Crippen LogP contribution in [-0.4, -0.2) is 20.1 Å². The molecule has 0 aromatic heterocycles. The lowest BCUT2D eigenvalue weighted by atomic mass is 10.0. The van der Waals surface area contributed by atoms with Crippen LogP contribution >= 0.6 is 0 Å². The standard InChI is InChI=1S/C18H29FN2/c1-4-12-20-14(2)16-10-7-11-17(19)18(16)21(3)13-15-8-5-6-9-15/h7,10-11,14-15,20H,4-6,8-9,12-13H2,1-3H3. The summed E-state index contributed by atoms with van der Waals surface area (Å²) in [5.41, 5.74) is 1.85. The highest BCUT2D eigenvalue weighted by molar-refractivity contribution is 5.55. The summed E-state index contributed by atoms with van der Waals surface area (Å²) in [5.74, 6) is 0.625. The molecule has 1 saturated carbocycles. The van der Waals surface area contributed by atoms with Crippen LogP contribution in [-0.2, 0) is 0 Å². The van der Waals surface area contributed by atoms with Gasteiger partial charge in [0.2, 0.25) is 0 Å². The Hall–Kier alpha value is -1.09. The second-order valence-electron chi connectivity index (χ2n) is 6.38. The normalized spacial score (nSPS) is 17.1. The minimum atomic E-state index is -0.0989. The van der Waals surface area contributed by atoms with Gasteiger partial charge in [-0.15, -0.1) is 0 Å². The van der Waals surface area contributed by atoms with Gasteiger partial charge >= 0.3 is 0 Å². The molecule has 118 valence electrons. The van der Waals surface area contributed by atoms with Crippen LogP contribution in [0.2, 0.25) is 0 Å². The van der Waals surface area contributed by atoms with E-state index in [9.17, 15) is 4.39 Å². The van der Waals surface area contributed by atoms with Gasteiger partial charge in [0.1, 0.15) is 5.82 Å². The third-order valence-electron chi connectivity index (χ3n) is 4.57. The SMILES string of the molecule is CCCNC(C)c1cccc(F)c1N(C)CC1CCCC1. The summed E-state index contributed by atoms with van der Waals surface area (Å²) in [6.07, 6.45) is 6.33.